The molecular formula is C18H15BrN2O3S. The van der Waals surface area contributed by atoms with E-state index in [1.165, 1.54) is 4.90 Å². The van der Waals surface area contributed by atoms with E-state index in [9.17, 15) is 14.4 Å². The van der Waals surface area contributed by atoms with Crippen molar-refractivity contribution >= 4 is 50.4 Å². The molecular weight excluding hydrogens is 404 g/mol. The van der Waals surface area contributed by atoms with Crippen LogP contribution in [0.2, 0.25) is 0 Å². The maximum Gasteiger partial charge on any atom is 0.289 e. The highest BCUT2D eigenvalue weighted by Crippen LogP contribution is 2.23. The minimum Gasteiger partial charge on any atom is -0.322 e. The fourth-order valence-corrected chi connectivity index (χ4v) is 3.42. The summed E-state index contributed by atoms with van der Waals surface area (Å²) < 4.78 is 0.977. The second-order valence-corrected chi connectivity index (χ2v) is 7.43. The fraction of sp³-hybridized carbons (Fsp3) is 0.167. The number of halogens is 1. The van der Waals surface area contributed by atoms with Gasteiger partial charge in [-0.25, -0.2) is 0 Å². The summed E-state index contributed by atoms with van der Waals surface area (Å²) in [5.74, 6) is -0.255. The Labute approximate surface area is 157 Å². The normalized spacial score (nSPS) is 14.1. The summed E-state index contributed by atoms with van der Waals surface area (Å²) in [5.41, 5.74) is 2.95. The van der Waals surface area contributed by atoms with Crippen LogP contribution in [0.5, 0.6) is 0 Å². The van der Waals surface area contributed by atoms with E-state index < -0.39 is 0 Å². The Morgan fingerprint density at radius 2 is 2.04 bits per heavy atom. The van der Waals surface area contributed by atoms with Crippen LogP contribution < -0.4 is 5.32 Å². The van der Waals surface area contributed by atoms with Gasteiger partial charge in [0.15, 0.2) is 0 Å². The molecule has 3 rings (SSSR count). The lowest BCUT2D eigenvalue weighted by molar-refractivity contribution is -0.125. The Kier molecular flexibility index (Phi) is 5.24. The van der Waals surface area contributed by atoms with E-state index >= 15 is 0 Å². The number of benzene rings is 2. The summed E-state index contributed by atoms with van der Waals surface area (Å²) in [6.45, 7) is 2.13. The molecule has 1 heterocycles. The first kappa shape index (κ1) is 17.7. The lowest BCUT2D eigenvalue weighted by Crippen LogP contribution is -2.28. The summed E-state index contributed by atoms with van der Waals surface area (Å²) in [6.07, 6.45) is 0. The SMILES string of the molecule is Cc1cc(NC(=O)c2cccc(CN3C(=O)CSC3=O)c2)ccc1Br. The van der Waals surface area contributed by atoms with Gasteiger partial charge >= 0.3 is 0 Å². The van der Waals surface area contributed by atoms with Crippen molar-refractivity contribution in [2.45, 2.75) is 13.5 Å². The molecule has 1 aliphatic rings. The molecule has 0 atom stereocenters. The highest BCUT2D eigenvalue weighted by molar-refractivity contribution is 9.10. The van der Waals surface area contributed by atoms with Crippen LogP contribution in [0.15, 0.2) is 46.9 Å². The molecule has 2 aromatic carbocycles. The summed E-state index contributed by atoms with van der Waals surface area (Å²) in [4.78, 5) is 37.1. The number of thioether (sulfide) groups is 1. The van der Waals surface area contributed by atoms with E-state index in [1.807, 2.05) is 25.1 Å². The number of anilines is 1. The highest BCUT2D eigenvalue weighted by Gasteiger charge is 2.29. The third-order valence-corrected chi connectivity index (χ3v) is 5.53. The lowest BCUT2D eigenvalue weighted by Gasteiger charge is -2.13. The van der Waals surface area contributed by atoms with Crippen LogP contribution in [0.3, 0.4) is 0 Å². The molecule has 25 heavy (non-hydrogen) atoms. The number of nitrogens with one attached hydrogen (secondary N) is 1. The first-order valence-electron chi connectivity index (χ1n) is 7.57. The molecule has 0 unspecified atom stereocenters. The van der Waals surface area contributed by atoms with Crippen LogP contribution >= 0.6 is 27.7 Å². The number of aryl methyl sites for hydroxylation is 1. The Bertz CT molecular complexity index is 853. The number of nitrogens with zero attached hydrogens (tertiary/aromatic N) is 1. The molecule has 0 aromatic heterocycles. The van der Waals surface area contributed by atoms with Crippen molar-refractivity contribution in [1.82, 2.24) is 4.90 Å². The smallest absolute Gasteiger partial charge is 0.289 e. The van der Waals surface area contributed by atoms with Crippen LogP contribution in [0.1, 0.15) is 21.5 Å². The van der Waals surface area contributed by atoms with Gasteiger partial charge in [-0.1, -0.05) is 39.8 Å². The van der Waals surface area contributed by atoms with Crippen LogP contribution in [-0.4, -0.2) is 27.7 Å². The maximum absolute atomic E-state index is 12.5. The average Bonchev–Trinajstić information content (AvgIpc) is 2.90. The summed E-state index contributed by atoms with van der Waals surface area (Å²) in [5, 5.41) is 2.61. The van der Waals surface area contributed by atoms with Crippen LogP contribution in [0.4, 0.5) is 10.5 Å². The largest absolute Gasteiger partial charge is 0.322 e. The van der Waals surface area contributed by atoms with Gasteiger partial charge in [-0.3, -0.25) is 19.3 Å². The first-order chi connectivity index (χ1) is 11.9. The Morgan fingerprint density at radius 1 is 1.24 bits per heavy atom. The molecule has 2 aromatic rings. The standard InChI is InChI=1S/C18H15BrN2O3S/c1-11-7-14(5-6-15(11)19)20-17(23)13-4-2-3-12(8-13)9-21-16(22)10-25-18(21)24/h2-8H,9-10H2,1H3,(H,20,23). The second-order valence-electron chi connectivity index (χ2n) is 5.65. The molecule has 7 heteroatoms. The molecule has 1 N–H and O–H groups in total. The lowest BCUT2D eigenvalue weighted by atomic mass is 10.1. The van der Waals surface area contributed by atoms with Gasteiger partial charge in [0.05, 0.1) is 12.3 Å². The number of carbonyl (C=O) groups excluding carboxylic acids is 3. The van der Waals surface area contributed by atoms with E-state index in [0.29, 0.717) is 11.3 Å². The van der Waals surface area contributed by atoms with Crippen molar-refractivity contribution < 1.29 is 14.4 Å². The second kappa shape index (κ2) is 7.41. The van der Waals surface area contributed by atoms with Gasteiger partial charge in [-0.15, -0.1) is 0 Å². The summed E-state index contributed by atoms with van der Waals surface area (Å²) in [7, 11) is 0. The topological polar surface area (TPSA) is 66.5 Å². The van der Waals surface area contributed by atoms with Crippen LogP contribution in [0.25, 0.3) is 0 Å². The molecule has 1 aliphatic heterocycles. The first-order valence-corrected chi connectivity index (χ1v) is 9.35. The molecule has 0 bridgehead atoms. The van der Waals surface area contributed by atoms with Gasteiger partial charge < -0.3 is 5.32 Å². The number of hydrogen-bond donors (Lipinski definition) is 1. The number of carbonyl (C=O) groups is 3. The van der Waals surface area contributed by atoms with E-state index in [2.05, 4.69) is 21.2 Å². The number of imide groups is 1. The quantitative estimate of drug-likeness (QED) is 0.807. The van der Waals surface area contributed by atoms with E-state index in [-0.39, 0.29) is 29.4 Å². The maximum atomic E-state index is 12.5. The van der Waals surface area contributed by atoms with Crippen LogP contribution in [-0.2, 0) is 11.3 Å². The minimum atomic E-state index is -0.245. The van der Waals surface area contributed by atoms with Crippen LogP contribution in [0, 0.1) is 6.92 Å². The summed E-state index contributed by atoms with van der Waals surface area (Å²) >= 11 is 4.43. The number of amides is 3. The van der Waals surface area contributed by atoms with Crippen molar-refractivity contribution in [3.63, 3.8) is 0 Å². The molecule has 1 fully saturated rings. The molecule has 128 valence electrons. The molecule has 0 radical (unpaired) electrons. The van der Waals surface area contributed by atoms with E-state index in [1.54, 1.807) is 24.3 Å². The number of rotatable bonds is 4. The Hall–Kier alpha value is -2.12. The molecule has 1 saturated heterocycles. The van der Waals surface area contributed by atoms with Gasteiger partial charge in [0.25, 0.3) is 11.1 Å². The molecule has 0 spiro atoms. The van der Waals surface area contributed by atoms with Gasteiger partial charge in [-0.2, -0.15) is 0 Å². The zero-order chi connectivity index (χ0) is 18.0. The molecule has 3 amide bonds. The van der Waals surface area contributed by atoms with Gasteiger partial charge in [0.2, 0.25) is 5.91 Å². The third-order valence-electron chi connectivity index (χ3n) is 3.79. The Balaban J connectivity index is 1.74. The van der Waals surface area contributed by atoms with Crippen molar-refractivity contribution in [2.75, 3.05) is 11.1 Å². The van der Waals surface area contributed by atoms with E-state index in [0.717, 1.165) is 27.4 Å². The predicted molar refractivity (Wildman–Crippen MR) is 102 cm³/mol. The van der Waals surface area contributed by atoms with Gasteiger partial charge in [-0.05, 0) is 48.4 Å². The zero-order valence-electron chi connectivity index (χ0n) is 13.4. The molecule has 5 nitrogen and oxygen atoms in total. The van der Waals surface area contributed by atoms with Gasteiger partial charge in [0, 0.05) is 15.7 Å². The van der Waals surface area contributed by atoms with Crippen molar-refractivity contribution in [3.05, 3.63) is 63.6 Å². The van der Waals surface area contributed by atoms with Crippen molar-refractivity contribution in [2.24, 2.45) is 0 Å². The highest BCUT2D eigenvalue weighted by atomic mass is 79.9. The predicted octanol–water partition coefficient (Wildman–Crippen LogP) is 4.21. The fourth-order valence-electron chi connectivity index (χ4n) is 2.45. The monoisotopic (exact) mass is 418 g/mol. The Morgan fingerprint density at radius 3 is 2.72 bits per heavy atom. The minimum absolute atomic E-state index is 0.182. The zero-order valence-corrected chi connectivity index (χ0v) is 15.8. The number of hydrogen-bond acceptors (Lipinski definition) is 4. The van der Waals surface area contributed by atoms with Crippen molar-refractivity contribution in [3.8, 4) is 0 Å². The average molecular weight is 419 g/mol. The molecule has 0 saturated carbocycles. The third kappa shape index (κ3) is 4.11. The van der Waals surface area contributed by atoms with Crippen molar-refractivity contribution in [1.29, 1.82) is 0 Å². The summed E-state index contributed by atoms with van der Waals surface area (Å²) in [6, 6.07) is 12.5. The van der Waals surface area contributed by atoms with E-state index in [4.69, 9.17) is 0 Å². The van der Waals surface area contributed by atoms with Gasteiger partial charge in [0.1, 0.15) is 0 Å². The molecule has 0 aliphatic carbocycles.